The van der Waals surface area contributed by atoms with Gasteiger partial charge in [-0.1, -0.05) is 12.1 Å². The van der Waals surface area contributed by atoms with Crippen molar-refractivity contribution in [2.24, 2.45) is 0 Å². The van der Waals surface area contributed by atoms with Crippen molar-refractivity contribution in [3.63, 3.8) is 0 Å². The molecule has 3 heteroatoms. The van der Waals surface area contributed by atoms with Crippen molar-refractivity contribution in [1.29, 1.82) is 5.26 Å². The van der Waals surface area contributed by atoms with Gasteiger partial charge in [-0.15, -0.1) is 0 Å². The fourth-order valence-corrected chi connectivity index (χ4v) is 1.87. The molecule has 0 spiro atoms. The van der Waals surface area contributed by atoms with Gasteiger partial charge < -0.3 is 9.47 Å². The summed E-state index contributed by atoms with van der Waals surface area (Å²) in [4.78, 5) is 0. The first kappa shape index (κ1) is 11.0. The molecular formula is C13H15NO2. The summed E-state index contributed by atoms with van der Waals surface area (Å²) in [6, 6.07) is 8.27. The van der Waals surface area contributed by atoms with Crippen LogP contribution in [-0.4, -0.2) is 19.8 Å². The van der Waals surface area contributed by atoms with E-state index in [1.165, 1.54) is 0 Å². The summed E-state index contributed by atoms with van der Waals surface area (Å²) >= 11 is 0. The number of rotatable bonds is 3. The van der Waals surface area contributed by atoms with Crippen LogP contribution in [0.1, 0.15) is 18.1 Å². The van der Waals surface area contributed by atoms with Gasteiger partial charge in [0.2, 0.25) is 0 Å². The van der Waals surface area contributed by atoms with Crippen molar-refractivity contribution in [3.8, 4) is 11.8 Å². The Hall–Kier alpha value is -1.53. The quantitative estimate of drug-likeness (QED) is 0.779. The van der Waals surface area contributed by atoms with Gasteiger partial charge in [0.05, 0.1) is 25.9 Å². The first-order valence-corrected chi connectivity index (χ1v) is 5.45. The Morgan fingerprint density at radius 1 is 1.50 bits per heavy atom. The lowest BCUT2D eigenvalue weighted by molar-refractivity contribution is -0.0298. The number of nitrogens with zero attached hydrogens (tertiary/aromatic N) is 1. The van der Waals surface area contributed by atoms with Crippen molar-refractivity contribution >= 4 is 0 Å². The molecule has 1 saturated heterocycles. The largest absolute Gasteiger partial charge is 0.494 e. The Morgan fingerprint density at radius 3 is 2.69 bits per heavy atom. The van der Waals surface area contributed by atoms with E-state index in [9.17, 15) is 5.26 Å². The van der Waals surface area contributed by atoms with E-state index in [0.29, 0.717) is 19.8 Å². The third kappa shape index (κ3) is 1.66. The summed E-state index contributed by atoms with van der Waals surface area (Å²) in [6.07, 6.45) is 0. The molecule has 0 unspecified atom stereocenters. The lowest BCUT2D eigenvalue weighted by Gasteiger charge is -2.35. The average molecular weight is 217 g/mol. The van der Waals surface area contributed by atoms with Crippen LogP contribution in [0.3, 0.4) is 0 Å². The van der Waals surface area contributed by atoms with E-state index in [1.807, 2.05) is 32.0 Å². The number of aryl methyl sites for hydroxylation is 1. The second-order valence-electron chi connectivity index (χ2n) is 4.10. The molecule has 0 radical (unpaired) electrons. The van der Waals surface area contributed by atoms with Crippen molar-refractivity contribution in [1.82, 2.24) is 0 Å². The summed E-state index contributed by atoms with van der Waals surface area (Å²) < 4.78 is 10.6. The van der Waals surface area contributed by atoms with Crippen LogP contribution in [-0.2, 0) is 10.2 Å². The van der Waals surface area contributed by atoms with E-state index in [2.05, 4.69) is 6.07 Å². The molecule has 0 amide bonds. The summed E-state index contributed by atoms with van der Waals surface area (Å²) in [7, 11) is 0. The normalized spacial score (nSPS) is 17.3. The van der Waals surface area contributed by atoms with E-state index in [0.717, 1.165) is 16.9 Å². The zero-order chi connectivity index (χ0) is 11.6. The molecule has 0 N–H and O–H groups in total. The molecule has 1 fully saturated rings. The monoisotopic (exact) mass is 217 g/mol. The highest BCUT2D eigenvalue weighted by atomic mass is 16.5. The van der Waals surface area contributed by atoms with E-state index < -0.39 is 5.41 Å². The number of ether oxygens (including phenoxy) is 2. The molecule has 0 bridgehead atoms. The second kappa shape index (κ2) is 4.15. The zero-order valence-corrected chi connectivity index (χ0v) is 9.62. The van der Waals surface area contributed by atoms with Crippen LogP contribution in [0, 0.1) is 18.3 Å². The summed E-state index contributed by atoms with van der Waals surface area (Å²) in [6.45, 7) is 5.61. The Bertz CT molecular complexity index is 430. The highest BCUT2D eigenvalue weighted by Crippen LogP contribution is 2.34. The molecule has 0 aromatic heterocycles. The highest BCUT2D eigenvalue weighted by Gasteiger charge is 2.40. The van der Waals surface area contributed by atoms with Crippen LogP contribution < -0.4 is 4.74 Å². The van der Waals surface area contributed by atoms with Gasteiger partial charge in [-0.05, 0) is 31.0 Å². The minimum atomic E-state index is -0.435. The first-order valence-electron chi connectivity index (χ1n) is 5.45. The summed E-state index contributed by atoms with van der Waals surface area (Å²) in [5.74, 6) is 0.889. The number of hydrogen-bond donors (Lipinski definition) is 0. The molecule has 1 aliphatic heterocycles. The van der Waals surface area contributed by atoms with Crippen LogP contribution >= 0.6 is 0 Å². The first-order chi connectivity index (χ1) is 7.72. The molecule has 2 rings (SSSR count). The van der Waals surface area contributed by atoms with Crippen LogP contribution in [0.25, 0.3) is 0 Å². The molecule has 0 atom stereocenters. The smallest absolute Gasteiger partial charge is 0.129 e. The van der Waals surface area contributed by atoms with Gasteiger partial charge in [-0.25, -0.2) is 0 Å². The third-order valence-electron chi connectivity index (χ3n) is 2.94. The highest BCUT2D eigenvalue weighted by molar-refractivity contribution is 5.43. The van der Waals surface area contributed by atoms with Gasteiger partial charge in [-0.2, -0.15) is 5.26 Å². The van der Waals surface area contributed by atoms with E-state index in [1.54, 1.807) is 0 Å². The van der Waals surface area contributed by atoms with Crippen molar-refractivity contribution in [2.45, 2.75) is 19.3 Å². The molecule has 1 aromatic carbocycles. The molecule has 1 aromatic rings. The molecule has 84 valence electrons. The standard InChI is InChI=1S/C13H15NO2/c1-3-16-12-5-4-11(6-10(12)2)13(7-14)8-15-9-13/h4-6H,3,8-9H2,1-2H3. The van der Waals surface area contributed by atoms with Crippen LogP contribution in [0.15, 0.2) is 18.2 Å². The lowest BCUT2D eigenvalue weighted by atomic mass is 9.79. The lowest BCUT2D eigenvalue weighted by Crippen LogP contribution is -2.45. The minimum Gasteiger partial charge on any atom is -0.494 e. The topological polar surface area (TPSA) is 42.2 Å². The van der Waals surface area contributed by atoms with E-state index in [4.69, 9.17) is 9.47 Å². The maximum atomic E-state index is 9.19. The number of benzene rings is 1. The Balaban J connectivity index is 2.31. The van der Waals surface area contributed by atoms with E-state index >= 15 is 0 Å². The van der Waals surface area contributed by atoms with Gasteiger partial charge in [0.1, 0.15) is 11.2 Å². The predicted molar refractivity (Wildman–Crippen MR) is 60.5 cm³/mol. The van der Waals surface area contributed by atoms with Crippen LogP contribution in [0.5, 0.6) is 5.75 Å². The van der Waals surface area contributed by atoms with Gasteiger partial charge in [0.25, 0.3) is 0 Å². The van der Waals surface area contributed by atoms with E-state index in [-0.39, 0.29) is 0 Å². The Kier molecular flexibility index (Phi) is 2.84. The molecule has 0 aliphatic carbocycles. The Labute approximate surface area is 95.6 Å². The summed E-state index contributed by atoms with van der Waals surface area (Å²) in [5, 5.41) is 9.19. The maximum absolute atomic E-state index is 9.19. The maximum Gasteiger partial charge on any atom is 0.129 e. The number of hydrogen-bond acceptors (Lipinski definition) is 3. The SMILES string of the molecule is CCOc1ccc(C2(C#N)COC2)cc1C. The number of nitriles is 1. The second-order valence-corrected chi connectivity index (χ2v) is 4.10. The minimum absolute atomic E-state index is 0.435. The fourth-order valence-electron chi connectivity index (χ4n) is 1.87. The molecule has 1 aliphatic rings. The fraction of sp³-hybridized carbons (Fsp3) is 0.462. The molecule has 1 heterocycles. The molecular weight excluding hydrogens is 202 g/mol. The van der Waals surface area contributed by atoms with Gasteiger partial charge in [0.15, 0.2) is 0 Å². The zero-order valence-electron chi connectivity index (χ0n) is 9.62. The third-order valence-corrected chi connectivity index (χ3v) is 2.94. The van der Waals surface area contributed by atoms with Crippen molar-refractivity contribution in [3.05, 3.63) is 29.3 Å². The van der Waals surface area contributed by atoms with Gasteiger partial charge >= 0.3 is 0 Å². The predicted octanol–water partition coefficient (Wildman–Crippen LogP) is 2.19. The molecule has 3 nitrogen and oxygen atoms in total. The van der Waals surface area contributed by atoms with Crippen molar-refractivity contribution in [2.75, 3.05) is 19.8 Å². The van der Waals surface area contributed by atoms with Gasteiger partial charge in [0, 0.05) is 0 Å². The molecule has 0 saturated carbocycles. The van der Waals surface area contributed by atoms with Gasteiger partial charge in [-0.3, -0.25) is 0 Å². The average Bonchev–Trinajstić information content (AvgIpc) is 2.21. The van der Waals surface area contributed by atoms with Crippen molar-refractivity contribution < 1.29 is 9.47 Å². The summed E-state index contributed by atoms with van der Waals surface area (Å²) in [5.41, 5.74) is 1.67. The van der Waals surface area contributed by atoms with Crippen LogP contribution in [0.4, 0.5) is 0 Å². The van der Waals surface area contributed by atoms with Crippen LogP contribution in [0.2, 0.25) is 0 Å². The molecule has 16 heavy (non-hydrogen) atoms. The Morgan fingerprint density at radius 2 is 2.25 bits per heavy atom.